The van der Waals surface area contributed by atoms with E-state index in [1.165, 1.54) is 6.42 Å². The minimum Gasteiger partial charge on any atom is -0.461 e. The van der Waals surface area contributed by atoms with Gasteiger partial charge in [0, 0.05) is 48.9 Å². The SMILES string of the molecule is CC1CC1c1ccc(/C=C/C(=O)N2CCCN(C(=O)Nc3ccc(Cl)cc3)CC2)o1. The standard InChI is InChI=1S/C23H26ClN3O3/c1-16-15-20(16)21-9-7-19(30-21)8-10-22(28)26-11-2-12-27(14-13-26)23(29)25-18-5-3-17(24)4-6-18/h3-10,16,20H,2,11-15H2,1H3,(H,25,29)/b10-8+. The lowest BCUT2D eigenvalue weighted by molar-refractivity contribution is -0.125. The van der Waals surface area contributed by atoms with E-state index in [-0.39, 0.29) is 11.9 Å². The molecule has 0 spiro atoms. The van der Waals surface area contributed by atoms with Crippen LogP contribution >= 0.6 is 11.6 Å². The quantitative estimate of drug-likeness (QED) is 0.710. The van der Waals surface area contributed by atoms with Gasteiger partial charge in [0.15, 0.2) is 0 Å². The fourth-order valence-electron chi connectivity index (χ4n) is 3.71. The van der Waals surface area contributed by atoms with Crippen molar-refractivity contribution >= 4 is 35.3 Å². The van der Waals surface area contributed by atoms with Crippen molar-refractivity contribution in [2.75, 3.05) is 31.5 Å². The number of hydrogen-bond donors (Lipinski definition) is 1. The largest absolute Gasteiger partial charge is 0.461 e. The molecule has 30 heavy (non-hydrogen) atoms. The van der Waals surface area contributed by atoms with Gasteiger partial charge in [-0.15, -0.1) is 0 Å². The molecule has 6 nitrogen and oxygen atoms in total. The molecule has 2 fully saturated rings. The molecule has 2 heterocycles. The Balaban J connectivity index is 1.28. The Labute approximate surface area is 181 Å². The number of halogens is 1. The number of furan rings is 1. The van der Waals surface area contributed by atoms with Crippen LogP contribution in [0.3, 0.4) is 0 Å². The zero-order chi connectivity index (χ0) is 21.1. The molecule has 1 aliphatic carbocycles. The first kappa shape index (κ1) is 20.5. The van der Waals surface area contributed by atoms with Gasteiger partial charge in [-0.2, -0.15) is 0 Å². The second kappa shape index (κ2) is 8.96. The summed E-state index contributed by atoms with van der Waals surface area (Å²) < 4.78 is 5.83. The topological polar surface area (TPSA) is 65.8 Å². The normalized spacial score (nSPS) is 21.5. The maximum atomic E-state index is 12.6. The van der Waals surface area contributed by atoms with Crippen molar-refractivity contribution in [3.63, 3.8) is 0 Å². The smallest absolute Gasteiger partial charge is 0.321 e. The van der Waals surface area contributed by atoms with Crippen LogP contribution < -0.4 is 5.32 Å². The summed E-state index contributed by atoms with van der Waals surface area (Å²) in [6, 6.07) is 10.8. The monoisotopic (exact) mass is 427 g/mol. The van der Waals surface area contributed by atoms with Crippen LogP contribution in [0.5, 0.6) is 0 Å². The van der Waals surface area contributed by atoms with Gasteiger partial charge in [0.2, 0.25) is 5.91 Å². The molecule has 3 amide bonds. The molecule has 0 bridgehead atoms. The highest BCUT2D eigenvalue weighted by Crippen LogP contribution is 2.47. The van der Waals surface area contributed by atoms with Crippen LogP contribution in [-0.2, 0) is 4.79 Å². The first-order valence-electron chi connectivity index (χ1n) is 10.4. The maximum absolute atomic E-state index is 12.6. The highest BCUT2D eigenvalue weighted by atomic mass is 35.5. The number of anilines is 1. The number of benzene rings is 1. The van der Waals surface area contributed by atoms with Crippen LogP contribution in [0.15, 0.2) is 46.9 Å². The van der Waals surface area contributed by atoms with Gasteiger partial charge in [-0.25, -0.2) is 4.79 Å². The van der Waals surface area contributed by atoms with Gasteiger partial charge >= 0.3 is 6.03 Å². The van der Waals surface area contributed by atoms with Crippen LogP contribution in [0, 0.1) is 5.92 Å². The maximum Gasteiger partial charge on any atom is 0.321 e. The van der Waals surface area contributed by atoms with Crippen molar-refractivity contribution in [1.82, 2.24) is 9.80 Å². The average molecular weight is 428 g/mol. The second-order valence-corrected chi connectivity index (χ2v) is 8.43. The Hall–Kier alpha value is -2.73. The molecule has 1 saturated heterocycles. The summed E-state index contributed by atoms with van der Waals surface area (Å²) >= 11 is 5.88. The summed E-state index contributed by atoms with van der Waals surface area (Å²) in [5.74, 6) is 2.86. The summed E-state index contributed by atoms with van der Waals surface area (Å²) in [6.45, 7) is 4.43. The third kappa shape index (κ3) is 5.05. The van der Waals surface area contributed by atoms with E-state index in [9.17, 15) is 9.59 Å². The van der Waals surface area contributed by atoms with Crippen molar-refractivity contribution in [3.8, 4) is 0 Å². The molecule has 1 saturated carbocycles. The van der Waals surface area contributed by atoms with Gasteiger partial charge in [0.05, 0.1) is 0 Å². The Morgan fingerprint density at radius 3 is 2.50 bits per heavy atom. The van der Waals surface area contributed by atoms with Gasteiger partial charge < -0.3 is 19.5 Å². The number of rotatable bonds is 4. The Kier molecular flexibility index (Phi) is 6.13. The Morgan fingerprint density at radius 2 is 1.77 bits per heavy atom. The molecule has 2 atom stereocenters. The molecule has 2 unspecified atom stereocenters. The van der Waals surface area contributed by atoms with Crippen molar-refractivity contribution in [3.05, 3.63) is 59.0 Å². The summed E-state index contributed by atoms with van der Waals surface area (Å²) in [4.78, 5) is 28.6. The zero-order valence-electron chi connectivity index (χ0n) is 17.0. The van der Waals surface area contributed by atoms with Crippen LogP contribution in [-0.4, -0.2) is 47.9 Å². The lowest BCUT2D eigenvalue weighted by Crippen LogP contribution is -2.39. The third-order valence-electron chi connectivity index (χ3n) is 5.70. The van der Waals surface area contributed by atoms with E-state index in [0.717, 1.165) is 12.2 Å². The van der Waals surface area contributed by atoms with E-state index in [1.807, 2.05) is 12.1 Å². The average Bonchev–Trinajstić information content (AvgIpc) is 3.37. The van der Waals surface area contributed by atoms with Gasteiger partial charge in [-0.1, -0.05) is 18.5 Å². The fraction of sp³-hybridized carbons (Fsp3) is 0.391. The van der Waals surface area contributed by atoms with Gasteiger partial charge in [-0.05, 0) is 61.2 Å². The second-order valence-electron chi connectivity index (χ2n) is 8.00. The van der Waals surface area contributed by atoms with Crippen molar-refractivity contribution in [2.24, 2.45) is 5.92 Å². The van der Waals surface area contributed by atoms with Crippen molar-refractivity contribution < 1.29 is 14.0 Å². The van der Waals surface area contributed by atoms with Gasteiger partial charge in [0.25, 0.3) is 0 Å². The first-order valence-corrected chi connectivity index (χ1v) is 10.8. The first-order chi connectivity index (χ1) is 14.5. The van der Waals surface area contributed by atoms with Gasteiger partial charge in [0.1, 0.15) is 11.5 Å². The minimum absolute atomic E-state index is 0.0623. The van der Waals surface area contributed by atoms with E-state index in [2.05, 4.69) is 12.2 Å². The molecule has 4 rings (SSSR count). The van der Waals surface area contributed by atoms with Crippen LogP contribution in [0.1, 0.15) is 37.2 Å². The molecule has 1 aromatic heterocycles. The molecule has 2 aromatic rings. The Morgan fingerprint density at radius 1 is 1.07 bits per heavy atom. The van der Waals surface area contributed by atoms with E-state index in [0.29, 0.717) is 54.5 Å². The molecule has 0 radical (unpaired) electrons. The number of carbonyl (C=O) groups is 2. The van der Waals surface area contributed by atoms with Crippen molar-refractivity contribution in [1.29, 1.82) is 0 Å². The van der Waals surface area contributed by atoms with E-state index >= 15 is 0 Å². The molecule has 2 aliphatic rings. The summed E-state index contributed by atoms with van der Waals surface area (Å²) in [5, 5.41) is 3.50. The molecule has 158 valence electrons. The number of urea groups is 1. The minimum atomic E-state index is -0.167. The number of nitrogens with one attached hydrogen (secondary N) is 1. The summed E-state index contributed by atoms with van der Waals surface area (Å²) in [5.41, 5.74) is 0.697. The lowest BCUT2D eigenvalue weighted by Gasteiger charge is -2.22. The molecule has 7 heteroatoms. The number of nitrogens with zero attached hydrogens (tertiary/aromatic N) is 2. The van der Waals surface area contributed by atoms with Gasteiger partial charge in [-0.3, -0.25) is 4.79 Å². The van der Waals surface area contributed by atoms with Crippen molar-refractivity contribution in [2.45, 2.75) is 25.7 Å². The van der Waals surface area contributed by atoms with E-state index in [1.54, 1.807) is 46.2 Å². The van der Waals surface area contributed by atoms with Crippen LogP contribution in [0.4, 0.5) is 10.5 Å². The highest BCUT2D eigenvalue weighted by molar-refractivity contribution is 6.30. The molecular formula is C23H26ClN3O3. The summed E-state index contributed by atoms with van der Waals surface area (Å²) in [7, 11) is 0. The number of hydrogen-bond acceptors (Lipinski definition) is 3. The van der Waals surface area contributed by atoms with E-state index in [4.69, 9.17) is 16.0 Å². The zero-order valence-corrected chi connectivity index (χ0v) is 17.8. The molecular weight excluding hydrogens is 402 g/mol. The molecule has 1 N–H and O–H groups in total. The molecule has 1 aromatic carbocycles. The number of carbonyl (C=O) groups excluding carboxylic acids is 2. The van der Waals surface area contributed by atoms with Crippen LogP contribution in [0.2, 0.25) is 5.02 Å². The lowest BCUT2D eigenvalue weighted by atomic mass is 10.3. The highest BCUT2D eigenvalue weighted by Gasteiger charge is 2.36. The summed E-state index contributed by atoms with van der Waals surface area (Å²) in [6.07, 6.45) is 5.20. The fourth-order valence-corrected chi connectivity index (χ4v) is 3.84. The van der Waals surface area contributed by atoms with E-state index < -0.39 is 0 Å². The predicted molar refractivity (Wildman–Crippen MR) is 118 cm³/mol. The number of amides is 3. The molecule has 1 aliphatic heterocycles. The predicted octanol–water partition coefficient (Wildman–Crippen LogP) is 4.84. The van der Waals surface area contributed by atoms with Crippen LogP contribution in [0.25, 0.3) is 6.08 Å². The third-order valence-corrected chi connectivity index (χ3v) is 5.95. The Bertz CT molecular complexity index is 937.